The minimum atomic E-state index is 0.616. The van der Waals surface area contributed by atoms with Crippen LogP contribution in [0.4, 0.5) is 0 Å². The van der Waals surface area contributed by atoms with Crippen LogP contribution in [-0.2, 0) is 4.74 Å². The fraction of sp³-hybridized carbons (Fsp3) is 0.600. The highest BCUT2D eigenvalue weighted by molar-refractivity contribution is 5.21. The second kappa shape index (κ2) is 3.61. The zero-order valence-electron chi connectivity index (χ0n) is 7.55. The van der Waals surface area contributed by atoms with Crippen LogP contribution >= 0.6 is 0 Å². The van der Waals surface area contributed by atoms with E-state index in [1.54, 1.807) is 7.11 Å². The molecule has 62 valence electrons. The SMILES string of the molecule is CCC1CC(C)=CC=C1OC. The Kier molecular flexibility index (Phi) is 2.75. The highest BCUT2D eigenvalue weighted by Crippen LogP contribution is 2.27. The molecule has 0 saturated heterocycles. The first-order valence-corrected chi connectivity index (χ1v) is 4.19. The topological polar surface area (TPSA) is 9.23 Å². The van der Waals surface area contributed by atoms with E-state index in [2.05, 4.69) is 26.0 Å². The van der Waals surface area contributed by atoms with Crippen molar-refractivity contribution in [1.82, 2.24) is 0 Å². The average Bonchev–Trinajstić information content (AvgIpc) is 2.04. The maximum Gasteiger partial charge on any atom is 0.0989 e. The van der Waals surface area contributed by atoms with E-state index in [1.807, 2.05) is 0 Å². The number of hydrogen-bond acceptors (Lipinski definition) is 1. The fourth-order valence-electron chi connectivity index (χ4n) is 1.50. The van der Waals surface area contributed by atoms with Gasteiger partial charge in [-0.05, 0) is 25.8 Å². The van der Waals surface area contributed by atoms with Gasteiger partial charge in [-0.15, -0.1) is 0 Å². The van der Waals surface area contributed by atoms with Crippen molar-refractivity contribution in [1.29, 1.82) is 0 Å². The van der Waals surface area contributed by atoms with Crippen LogP contribution in [0.2, 0.25) is 0 Å². The molecule has 1 nitrogen and oxygen atoms in total. The summed E-state index contributed by atoms with van der Waals surface area (Å²) in [6, 6.07) is 0. The Morgan fingerprint density at radius 3 is 2.82 bits per heavy atom. The molecule has 0 radical (unpaired) electrons. The maximum absolute atomic E-state index is 5.26. The van der Waals surface area contributed by atoms with Gasteiger partial charge in [-0.3, -0.25) is 0 Å². The Hall–Kier alpha value is -0.720. The quantitative estimate of drug-likeness (QED) is 0.591. The van der Waals surface area contributed by atoms with Gasteiger partial charge in [0.25, 0.3) is 0 Å². The summed E-state index contributed by atoms with van der Waals surface area (Å²) in [6.07, 6.45) is 6.57. The van der Waals surface area contributed by atoms with Gasteiger partial charge in [-0.25, -0.2) is 0 Å². The average molecular weight is 152 g/mol. The van der Waals surface area contributed by atoms with Crippen molar-refractivity contribution in [2.75, 3.05) is 7.11 Å². The van der Waals surface area contributed by atoms with Crippen molar-refractivity contribution in [2.24, 2.45) is 5.92 Å². The van der Waals surface area contributed by atoms with E-state index in [0.717, 1.165) is 12.2 Å². The Labute approximate surface area is 68.8 Å². The lowest BCUT2D eigenvalue weighted by molar-refractivity contribution is 0.235. The third-order valence-electron chi connectivity index (χ3n) is 2.23. The Bertz CT molecular complexity index is 189. The summed E-state index contributed by atoms with van der Waals surface area (Å²) in [5, 5.41) is 0. The van der Waals surface area contributed by atoms with E-state index in [-0.39, 0.29) is 0 Å². The Balaban J connectivity index is 2.71. The predicted octanol–water partition coefficient (Wildman–Crippen LogP) is 2.89. The first-order chi connectivity index (χ1) is 5.27. The molecule has 0 aromatic heterocycles. The van der Waals surface area contributed by atoms with Crippen LogP contribution in [0.5, 0.6) is 0 Å². The molecule has 0 spiro atoms. The maximum atomic E-state index is 5.26. The summed E-state index contributed by atoms with van der Waals surface area (Å²) in [4.78, 5) is 0. The van der Waals surface area contributed by atoms with Crippen molar-refractivity contribution in [3.8, 4) is 0 Å². The molecule has 0 heterocycles. The third-order valence-corrected chi connectivity index (χ3v) is 2.23. The Morgan fingerprint density at radius 2 is 2.27 bits per heavy atom. The molecule has 1 atom stereocenters. The Morgan fingerprint density at radius 1 is 1.55 bits per heavy atom. The van der Waals surface area contributed by atoms with Crippen LogP contribution in [0, 0.1) is 5.92 Å². The van der Waals surface area contributed by atoms with Crippen molar-refractivity contribution in [3.63, 3.8) is 0 Å². The molecule has 1 aliphatic rings. The number of hydrogen-bond donors (Lipinski definition) is 0. The molecule has 0 bridgehead atoms. The summed E-state index contributed by atoms with van der Waals surface area (Å²) in [5.41, 5.74) is 1.46. The molecule has 0 aliphatic heterocycles. The second-order valence-corrected chi connectivity index (χ2v) is 3.10. The molecule has 0 saturated carbocycles. The molecule has 1 aliphatic carbocycles. The number of rotatable bonds is 2. The summed E-state index contributed by atoms with van der Waals surface area (Å²) in [6.45, 7) is 4.38. The standard InChI is InChI=1S/C10H16O/c1-4-9-7-8(2)5-6-10(9)11-3/h5-6,9H,4,7H2,1-3H3. The molecule has 0 aromatic carbocycles. The van der Waals surface area contributed by atoms with Gasteiger partial charge in [-0.1, -0.05) is 18.6 Å². The number of methoxy groups -OCH3 is 1. The van der Waals surface area contributed by atoms with Gasteiger partial charge in [0.05, 0.1) is 12.9 Å². The summed E-state index contributed by atoms with van der Waals surface area (Å²) >= 11 is 0. The van der Waals surface area contributed by atoms with Gasteiger partial charge < -0.3 is 4.74 Å². The normalized spacial score (nSPS) is 24.1. The predicted molar refractivity (Wildman–Crippen MR) is 47.2 cm³/mol. The van der Waals surface area contributed by atoms with Crippen molar-refractivity contribution in [2.45, 2.75) is 26.7 Å². The molecule has 1 unspecified atom stereocenters. The lowest BCUT2D eigenvalue weighted by atomic mass is 9.91. The van der Waals surface area contributed by atoms with Gasteiger partial charge in [0.15, 0.2) is 0 Å². The van der Waals surface area contributed by atoms with Crippen LogP contribution < -0.4 is 0 Å². The molecule has 0 aromatic rings. The van der Waals surface area contributed by atoms with Crippen LogP contribution in [0.15, 0.2) is 23.5 Å². The molecule has 1 rings (SSSR count). The van der Waals surface area contributed by atoms with Gasteiger partial charge in [0, 0.05) is 5.92 Å². The highest BCUT2D eigenvalue weighted by Gasteiger charge is 2.15. The molecule has 0 N–H and O–H groups in total. The monoisotopic (exact) mass is 152 g/mol. The van der Waals surface area contributed by atoms with Gasteiger partial charge >= 0.3 is 0 Å². The zero-order valence-corrected chi connectivity index (χ0v) is 7.55. The van der Waals surface area contributed by atoms with E-state index in [1.165, 1.54) is 12.0 Å². The van der Waals surface area contributed by atoms with Crippen molar-refractivity contribution in [3.05, 3.63) is 23.5 Å². The molecule has 1 heteroatoms. The molecular weight excluding hydrogens is 136 g/mol. The van der Waals surface area contributed by atoms with E-state index in [9.17, 15) is 0 Å². The molecular formula is C10H16O. The number of ether oxygens (including phenoxy) is 1. The molecule has 0 fully saturated rings. The summed E-state index contributed by atoms with van der Waals surface area (Å²) < 4.78 is 5.26. The second-order valence-electron chi connectivity index (χ2n) is 3.10. The van der Waals surface area contributed by atoms with Crippen LogP contribution in [0.25, 0.3) is 0 Å². The summed E-state index contributed by atoms with van der Waals surface area (Å²) in [5.74, 6) is 1.75. The van der Waals surface area contributed by atoms with Crippen LogP contribution in [-0.4, -0.2) is 7.11 Å². The van der Waals surface area contributed by atoms with E-state index in [0.29, 0.717) is 5.92 Å². The smallest absolute Gasteiger partial charge is 0.0989 e. The van der Waals surface area contributed by atoms with Gasteiger partial charge in [-0.2, -0.15) is 0 Å². The van der Waals surface area contributed by atoms with Crippen LogP contribution in [0.1, 0.15) is 26.7 Å². The van der Waals surface area contributed by atoms with Crippen LogP contribution in [0.3, 0.4) is 0 Å². The lowest BCUT2D eigenvalue weighted by Gasteiger charge is -2.20. The third kappa shape index (κ3) is 1.86. The minimum Gasteiger partial charge on any atom is -0.501 e. The largest absolute Gasteiger partial charge is 0.501 e. The minimum absolute atomic E-state index is 0.616. The lowest BCUT2D eigenvalue weighted by Crippen LogP contribution is -2.08. The van der Waals surface area contributed by atoms with E-state index >= 15 is 0 Å². The molecule has 0 amide bonds. The van der Waals surface area contributed by atoms with Gasteiger partial charge in [0.2, 0.25) is 0 Å². The first kappa shape index (κ1) is 8.38. The number of allylic oxidation sites excluding steroid dienone is 4. The van der Waals surface area contributed by atoms with E-state index in [4.69, 9.17) is 4.74 Å². The zero-order chi connectivity index (χ0) is 8.27. The fourth-order valence-corrected chi connectivity index (χ4v) is 1.50. The van der Waals surface area contributed by atoms with Crippen molar-refractivity contribution >= 4 is 0 Å². The summed E-state index contributed by atoms with van der Waals surface area (Å²) in [7, 11) is 1.75. The first-order valence-electron chi connectivity index (χ1n) is 4.19. The van der Waals surface area contributed by atoms with E-state index < -0.39 is 0 Å². The highest BCUT2D eigenvalue weighted by atomic mass is 16.5. The van der Waals surface area contributed by atoms with Gasteiger partial charge in [0.1, 0.15) is 0 Å². The van der Waals surface area contributed by atoms with Crippen molar-refractivity contribution < 1.29 is 4.74 Å². The molecule has 11 heavy (non-hydrogen) atoms.